The van der Waals surface area contributed by atoms with Gasteiger partial charge in [0.05, 0.1) is 11.4 Å². The van der Waals surface area contributed by atoms with Gasteiger partial charge < -0.3 is 10.2 Å². The number of hydrogen-bond donors (Lipinski definition) is 3. The molecule has 1 aliphatic heterocycles. The summed E-state index contributed by atoms with van der Waals surface area (Å²) in [5.74, 6) is -0.202. The molecule has 98 valence electrons. The third-order valence-electron chi connectivity index (χ3n) is 2.99. The van der Waals surface area contributed by atoms with Crippen LogP contribution in [0.2, 0.25) is 0 Å². The fourth-order valence-corrected chi connectivity index (χ4v) is 3.45. The highest BCUT2D eigenvalue weighted by atomic mass is 32.2. The van der Waals surface area contributed by atoms with Crippen LogP contribution in [0.5, 0.6) is 11.5 Å². The second-order valence-electron chi connectivity index (χ2n) is 4.43. The molecule has 0 radical (unpaired) electrons. The number of phenols is 2. The van der Waals surface area contributed by atoms with E-state index >= 15 is 0 Å². The van der Waals surface area contributed by atoms with Gasteiger partial charge in [0, 0.05) is 11.6 Å². The van der Waals surface area contributed by atoms with Gasteiger partial charge in [-0.2, -0.15) is 0 Å². The summed E-state index contributed by atoms with van der Waals surface area (Å²) in [6.45, 7) is 0. The molecule has 0 aliphatic carbocycles. The Morgan fingerprint density at radius 1 is 0.947 bits per heavy atom. The van der Waals surface area contributed by atoms with Crippen LogP contribution in [0.4, 0.5) is 5.69 Å². The molecule has 0 bridgehead atoms. The highest BCUT2D eigenvalue weighted by Gasteiger charge is 2.23. The van der Waals surface area contributed by atoms with Gasteiger partial charge in [-0.1, -0.05) is 6.07 Å². The third-order valence-corrected chi connectivity index (χ3v) is 4.22. The van der Waals surface area contributed by atoms with Gasteiger partial charge in [0.2, 0.25) is 10.0 Å². The summed E-state index contributed by atoms with van der Waals surface area (Å²) in [5, 5.41) is 19.0. The molecule has 0 fully saturated rings. The van der Waals surface area contributed by atoms with Crippen LogP contribution < -0.4 is 4.72 Å². The lowest BCUT2D eigenvalue weighted by Gasteiger charge is -2.09. The van der Waals surface area contributed by atoms with E-state index in [9.17, 15) is 18.6 Å². The number of hydrogen-bond acceptors (Lipinski definition) is 4. The van der Waals surface area contributed by atoms with Crippen LogP contribution in [0.3, 0.4) is 0 Å². The predicted molar refractivity (Wildman–Crippen MR) is 71.5 cm³/mol. The van der Waals surface area contributed by atoms with E-state index in [4.69, 9.17) is 0 Å². The Hall–Kier alpha value is -2.21. The second kappa shape index (κ2) is 3.89. The van der Waals surface area contributed by atoms with Crippen LogP contribution in [0.1, 0.15) is 5.56 Å². The number of aromatic hydroxyl groups is 2. The Morgan fingerprint density at radius 3 is 2.32 bits per heavy atom. The molecule has 0 saturated heterocycles. The van der Waals surface area contributed by atoms with Crippen molar-refractivity contribution in [1.29, 1.82) is 0 Å². The van der Waals surface area contributed by atoms with Gasteiger partial charge in [-0.15, -0.1) is 0 Å². The lowest BCUT2D eigenvalue weighted by molar-refractivity contribution is 0.474. The Bertz CT molecular complexity index is 709. The maximum absolute atomic E-state index is 11.9. The van der Waals surface area contributed by atoms with Crippen molar-refractivity contribution in [2.24, 2.45) is 0 Å². The monoisotopic (exact) mass is 277 g/mol. The average molecular weight is 277 g/mol. The lowest BCUT2D eigenvalue weighted by atomic mass is 9.99. The first-order chi connectivity index (χ1) is 8.94. The maximum Gasteiger partial charge on any atom is 0.236 e. The molecule has 0 atom stereocenters. The maximum atomic E-state index is 11.9. The zero-order valence-corrected chi connectivity index (χ0v) is 10.6. The third kappa shape index (κ3) is 2.10. The first kappa shape index (κ1) is 11.9. The molecule has 19 heavy (non-hydrogen) atoms. The van der Waals surface area contributed by atoms with Gasteiger partial charge in [-0.3, -0.25) is 4.72 Å². The van der Waals surface area contributed by atoms with Crippen LogP contribution in [-0.2, 0) is 15.8 Å². The first-order valence-electron chi connectivity index (χ1n) is 5.60. The summed E-state index contributed by atoms with van der Waals surface area (Å²) in [6.07, 6.45) is 0. The molecule has 6 heteroatoms. The van der Waals surface area contributed by atoms with Crippen molar-refractivity contribution < 1.29 is 18.6 Å². The number of phenolic OH excluding ortho intramolecular Hbond substituents is 2. The van der Waals surface area contributed by atoms with Crippen LogP contribution in [0.15, 0.2) is 36.4 Å². The van der Waals surface area contributed by atoms with Crippen LogP contribution in [0.25, 0.3) is 11.1 Å². The minimum absolute atomic E-state index is 0.0105. The molecule has 5 nitrogen and oxygen atoms in total. The molecule has 2 aromatic carbocycles. The number of anilines is 1. The molecule has 0 spiro atoms. The summed E-state index contributed by atoms with van der Waals surface area (Å²) in [7, 11) is -3.55. The van der Waals surface area contributed by atoms with Crippen LogP contribution in [-0.4, -0.2) is 18.6 Å². The largest absolute Gasteiger partial charge is 0.508 e. The zero-order chi connectivity index (χ0) is 13.6. The van der Waals surface area contributed by atoms with E-state index < -0.39 is 10.0 Å². The standard InChI is InChI=1S/C13H11NO4S/c15-9-1-3-11-8(5-9)7-19(17,18)14-13-6-10(16)2-4-12(11)13/h1-6,14-16H,7H2. The average Bonchev–Trinajstić information content (AvgIpc) is 2.39. The molecular weight excluding hydrogens is 266 g/mol. The van der Waals surface area contributed by atoms with E-state index in [1.54, 1.807) is 12.1 Å². The van der Waals surface area contributed by atoms with E-state index in [1.165, 1.54) is 24.3 Å². The van der Waals surface area contributed by atoms with Crippen molar-refractivity contribution in [3.63, 3.8) is 0 Å². The van der Waals surface area contributed by atoms with Crippen LogP contribution >= 0.6 is 0 Å². The van der Waals surface area contributed by atoms with Crippen molar-refractivity contribution in [1.82, 2.24) is 0 Å². The lowest BCUT2D eigenvalue weighted by Crippen LogP contribution is -2.13. The van der Waals surface area contributed by atoms with Gasteiger partial charge in [-0.25, -0.2) is 8.42 Å². The van der Waals surface area contributed by atoms with Gasteiger partial charge >= 0.3 is 0 Å². The first-order valence-corrected chi connectivity index (χ1v) is 7.26. The predicted octanol–water partition coefficient (Wildman–Crippen LogP) is 2.02. The van der Waals surface area contributed by atoms with Gasteiger partial charge in [0.25, 0.3) is 0 Å². The van der Waals surface area contributed by atoms with E-state index in [0.717, 1.165) is 5.56 Å². The Balaban J connectivity index is 2.34. The van der Waals surface area contributed by atoms with Crippen molar-refractivity contribution in [3.8, 4) is 22.6 Å². The molecule has 1 heterocycles. The summed E-state index contributed by atoms with van der Waals surface area (Å²) < 4.78 is 26.3. The summed E-state index contributed by atoms with van der Waals surface area (Å²) in [5.41, 5.74) is 2.26. The number of fused-ring (bicyclic) bond motifs is 3. The van der Waals surface area contributed by atoms with E-state index in [2.05, 4.69) is 4.72 Å². The number of sulfonamides is 1. The molecule has 3 N–H and O–H groups in total. The number of nitrogens with one attached hydrogen (secondary N) is 1. The quantitative estimate of drug-likeness (QED) is 0.687. The number of benzene rings is 2. The van der Waals surface area contributed by atoms with Crippen molar-refractivity contribution in [2.75, 3.05) is 4.72 Å². The molecule has 0 amide bonds. The molecule has 0 unspecified atom stereocenters. The van der Waals surface area contributed by atoms with Crippen molar-refractivity contribution >= 4 is 15.7 Å². The topological polar surface area (TPSA) is 86.6 Å². The smallest absolute Gasteiger partial charge is 0.236 e. The SMILES string of the molecule is O=S1(=O)Cc2cc(O)ccc2-c2ccc(O)cc2N1. The highest BCUT2D eigenvalue weighted by molar-refractivity contribution is 7.92. The molecule has 0 saturated carbocycles. The Morgan fingerprint density at radius 2 is 1.58 bits per heavy atom. The van der Waals surface area contributed by atoms with Crippen molar-refractivity contribution in [3.05, 3.63) is 42.0 Å². The molecule has 3 rings (SSSR count). The summed E-state index contributed by atoms with van der Waals surface area (Å²) >= 11 is 0. The summed E-state index contributed by atoms with van der Waals surface area (Å²) in [6, 6.07) is 9.13. The minimum atomic E-state index is -3.55. The Labute approximate surface area is 110 Å². The normalized spacial score (nSPS) is 15.8. The molecule has 2 aromatic rings. The van der Waals surface area contributed by atoms with Crippen LogP contribution in [0, 0.1) is 0 Å². The van der Waals surface area contributed by atoms with Gasteiger partial charge in [-0.05, 0) is 35.4 Å². The van der Waals surface area contributed by atoms with Crippen molar-refractivity contribution in [2.45, 2.75) is 5.75 Å². The summed E-state index contributed by atoms with van der Waals surface area (Å²) in [4.78, 5) is 0. The molecule has 0 aromatic heterocycles. The van der Waals surface area contributed by atoms with E-state index in [0.29, 0.717) is 16.8 Å². The van der Waals surface area contributed by atoms with Gasteiger partial charge in [0.15, 0.2) is 0 Å². The zero-order valence-electron chi connectivity index (χ0n) is 9.79. The van der Waals surface area contributed by atoms with Gasteiger partial charge in [0.1, 0.15) is 11.5 Å². The molecular formula is C13H11NO4S. The number of rotatable bonds is 0. The fraction of sp³-hybridized carbons (Fsp3) is 0.0769. The second-order valence-corrected chi connectivity index (χ2v) is 6.15. The molecule has 1 aliphatic rings. The Kier molecular flexibility index (Phi) is 2.43. The van der Waals surface area contributed by atoms with E-state index in [-0.39, 0.29) is 17.3 Å². The minimum Gasteiger partial charge on any atom is -0.508 e. The highest BCUT2D eigenvalue weighted by Crippen LogP contribution is 2.38. The van der Waals surface area contributed by atoms with E-state index in [1.807, 2.05) is 0 Å². The fourth-order valence-electron chi connectivity index (χ4n) is 2.22.